The average molecular weight is 469 g/mol. The second kappa shape index (κ2) is 12.6. The number of aliphatic imine (C=N–C) groups is 1. The summed E-state index contributed by atoms with van der Waals surface area (Å²) in [5.74, 6) is 0.825. The van der Waals surface area contributed by atoms with Crippen LogP contribution in [-0.2, 0) is 14.3 Å². The van der Waals surface area contributed by atoms with Gasteiger partial charge in [-0.15, -0.1) is 5.10 Å². The van der Waals surface area contributed by atoms with Crippen molar-refractivity contribution in [2.75, 3.05) is 57.9 Å². The zero-order valence-corrected chi connectivity index (χ0v) is 19.8. The summed E-state index contributed by atoms with van der Waals surface area (Å²) in [6, 6.07) is 1.87. The molecule has 1 amide bonds. The lowest BCUT2D eigenvalue weighted by Crippen LogP contribution is -2.49. The Morgan fingerprint density at radius 2 is 2.15 bits per heavy atom. The molecule has 0 saturated carbocycles. The van der Waals surface area contributed by atoms with Crippen LogP contribution in [0.1, 0.15) is 19.8 Å². The van der Waals surface area contributed by atoms with E-state index in [0.29, 0.717) is 70.1 Å². The summed E-state index contributed by atoms with van der Waals surface area (Å²) in [6.07, 6.45) is 7.02. The molecule has 1 aromatic rings. The van der Waals surface area contributed by atoms with Crippen molar-refractivity contribution in [1.82, 2.24) is 25.2 Å². The number of allylic oxidation sites excluding steroid dienone is 1. The van der Waals surface area contributed by atoms with Crippen LogP contribution in [0.15, 0.2) is 51.7 Å². The molecule has 0 aliphatic carbocycles. The van der Waals surface area contributed by atoms with Gasteiger partial charge in [0, 0.05) is 45.1 Å². The maximum atomic E-state index is 13.8. The van der Waals surface area contributed by atoms with Gasteiger partial charge in [0.25, 0.3) is 5.91 Å². The van der Waals surface area contributed by atoms with E-state index < -0.39 is 0 Å². The van der Waals surface area contributed by atoms with Gasteiger partial charge in [-0.1, -0.05) is 13.0 Å². The van der Waals surface area contributed by atoms with Crippen LogP contribution in [0.4, 0.5) is 5.82 Å². The molecule has 3 heterocycles. The molecule has 3 rings (SSSR count). The van der Waals surface area contributed by atoms with Crippen LogP contribution in [0.25, 0.3) is 0 Å². The predicted molar refractivity (Wildman–Crippen MR) is 130 cm³/mol. The van der Waals surface area contributed by atoms with Gasteiger partial charge in [0.1, 0.15) is 30.7 Å². The Morgan fingerprint density at radius 3 is 2.71 bits per heavy atom. The fourth-order valence-electron chi connectivity index (χ4n) is 3.95. The lowest BCUT2D eigenvalue weighted by Gasteiger charge is -2.38. The third kappa shape index (κ3) is 6.04. The second-order valence-corrected chi connectivity index (χ2v) is 7.66. The van der Waals surface area contributed by atoms with E-state index in [2.05, 4.69) is 37.0 Å². The molecular formula is C23H32N8O3. The minimum absolute atomic E-state index is 0.188. The Balaban J connectivity index is 1.87. The number of piperazine rings is 1. The number of aldehydes is 1. The van der Waals surface area contributed by atoms with Gasteiger partial charge in [-0.25, -0.2) is 20.0 Å². The number of aromatic nitrogens is 2. The van der Waals surface area contributed by atoms with Gasteiger partial charge in [-0.2, -0.15) is 0 Å². The number of ether oxygens (including phenoxy) is 1. The minimum Gasteiger partial charge on any atom is -0.390 e. The van der Waals surface area contributed by atoms with Crippen molar-refractivity contribution in [3.63, 3.8) is 0 Å². The molecule has 34 heavy (non-hydrogen) atoms. The number of hydrogen-bond donors (Lipinski definition) is 1. The highest BCUT2D eigenvalue weighted by molar-refractivity contribution is 6.02. The summed E-state index contributed by atoms with van der Waals surface area (Å²) in [6.45, 7) is 9.01. The van der Waals surface area contributed by atoms with E-state index >= 15 is 0 Å². The predicted octanol–water partition coefficient (Wildman–Crippen LogP) is 0.828. The van der Waals surface area contributed by atoms with Gasteiger partial charge in [0.2, 0.25) is 0 Å². The number of carbonyl (C=O) groups excluding carboxylic acids is 2. The average Bonchev–Trinajstić information content (AvgIpc) is 2.90. The zero-order chi connectivity index (χ0) is 24.3. The van der Waals surface area contributed by atoms with Gasteiger partial charge in [-0.05, 0) is 31.2 Å². The number of amidine groups is 1. The fourth-order valence-corrected chi connectivity index (χ4v) is 3.95. The van der Waals surface area contributed by atoms with E-state index in [9.17, 15) is 9.59 Å². The van der Waals surface area contributed by atoms with Crippen molar-refractivity contribution in [3.8, 4) is 0 Å². The van der Waals surface area contributed by atoms with E-state index in [1.54, 1.807) is 13.2 Å². The first-order chi connectivity index (χ1) is 16.6. The van der Waals surface area contributed by atoms with Crippen molar-refractivity contribution >= 4 is 30.6 Å². The molecule has 11 nitrogen and oxygen atoms in total. The standard InChI is InChI=1S/C23H32N8O3/c1-4-19(24-2)21(30-11-9-29(10-12-30)20-5-8-26-17-27-20)23(33)31(13-14-32)28-22(25-3)18-6-15-34-16-7-18/h5-6,8,14,17,24H,3-4,7,9-13,15-16H2,1-2H3/b21-19+,28-22-. The Bertz CT molecular complexity index is 946. The first kappa shape index (κ1) is 25.0. The largest absolute Gasteiger partial charge is 0.390 e. The molecule has 1 saturated heterocycles. The molecule has 0 atom stereocenters. The van der Waals surface area contributed by atoms with Crippen molar-refractivity contribution in [3.05, 3.63) is 41.6 Å². The Labute approximate surface area is 199 Å². The van der Waals surface area contributed by atoms with Crippen LogP contribution in [0.3, 0.4) is 0 Å². The summed E-state index contributed by atoms with van der Waals surface area (Å²) in [4.78, 5) is 41.7. The molecule has 0 unspecified atom stereocenters. The summed E-state index contributed by atoms with van der Waals surface area (Å²) >= 11 is 0. The molecule has 0 radical (unpaired) electrons. The monoisotopic (exact) mass is 468 g/mol. The molecule has 0 spiro atoms. The number of nitrogens with zero attached hydrogens (tertiary/aromatic N) is 7. The number of hydrogen-bond acceptors (Lipinski definition) is 9. The van der Waals surface area contributed by atoms with Gasteiger partial charge in [0.15, 0.2) is 5.84 Å². The molecular weight excluding hydrogens is 436 g/mol. The molecule has 2 aliphatic rings. The zero-order valence-electron chi connectivity index (χ0n) is 19.8. The highest BCUT2D eigenvalue weighted by atomic mass is 16.5. The molecule has 1 N–H and O–H groups in total. The molecule has 0 aromatic carbocycles. The summed E-state index contributed by atoms with van der Waals surface area (Å²) in [7, 11) is 1.79. The lowest BCUT2D eigenvalue weighted by atomic mass is 10.1. The lowest BCUT2D eigenvalue weighted by molar-refractivity contribution is -0.131. The van der Waals surface area contributed by atoms with Gasteiger partial charge < -0.3 is 24.6 Å². The van der Waals surface area contributed by atoms with Crippen molar-refractivity contribution < 1.29 is 14.3 Å². The normalized spacial score (nSPS) is 17.5. The number of amides is 1. The molecule has 0 bridgehead atoms. The number of anilines is 1. The summed E-state index contributed by atoms with van der Waals surface area (Å²) < 4.78 is 5.35. The van der Waals surface area contributed by atoms with Crippen molar-refractivity contribution in [2.45, 2.75) is 19.8 Å². The van der Waals surface area contributed by atoms with E-state index in [-0.39, 0.29) is 12.5 Å². The van der Waals surface area contributed by atoms with E-state index in [1.807, 2.05) is 24.0 Å². The van der Waals surface area contributed by atoms with E-state index in [1.165, 1.54) is 11.3 Å². The number of carbonyl (C=O) groups is 2. The van der Waals surface area contributed by atoms with Crippen LogP contribution in [0, 0.1) is 0 Å². The molecule has 2 aliphatic heterocycles. The Morgan fingerprint density at radius 1 is 1.35 bits per heavy atom. The Hall–Kier alpha value is -3.60. The van der Waals surface area contributed by atoms with Gasteiger partial charge >= 0.3 is 0 Å². The molecule has 1 fully saturated rings. The third-order valence-corrected chi connectivity index (χ3v) is 5.73. The van der Waals surface area contributed by atoms with Crippen molar-refractivity contribution in [1.29, 1.82) is 0 Å². The maximum Gasteiger partial charge on any atom is 0.292 e. The summed E-state index contributed by atoms with van der Waals surface area (Å²) in [5, 5.41) is 8.77. The van der Waals surface area contributed by atoms with Crippen LogP contribution >= 0.6 is 0 Å². The SMILES string of the molecule is C=N/C(=N\N(CC=O)C(=O)/C(=C(/CC)NC)N1CCN(c2ccncn2)CC1)C1=CCOCC1. The fraction of sp³-hybridized carbons (Fsp3) is 0.478. The van der Waals surface area contributed by atoms with Gasteiger partial charge in [0.05, 0.1) is 13.2 Å². The van der Waals surface area contributed by atoms with Crippen LogP contribution in [0.2, 0.25) is 0 Å². The second-order valence-electron chi connectivity index (χ2n) is 7.66. The Kier molecular flexibility index (Phi) is 9.27. The highest BCUT2D eigenvalue weighted by Crippen LogP contribution is 2.21. The smallest absolute Gasteiger partial charge is 0.292 e. The summed E-state index contributed by atoms with van der Waals surface area (Å²) in [5.41, 5.74) is 2.13. The minimum atomic E-state index is -0.359. The van der Waals surface area contributed by atoms with Gasteiger partial charge in [-0.3, -0.25) is 4.79 Å². The van der Waals surface area contributed by atoms with Crippen molar-refractivity contribution in [2.24, 2.45) is 10.1 Å². The van der Waals surface area contributed by atoms with E-state index in [4.69, 9.17) is 4.74 Å². The number of rotatable bonds is 9. The van der Waals surface area contributed by atoms with Crippen LogP contribution in [0.5, 0.6) is 0 Å². The topological polar surface area (TPSA) is 116 Å². The highest BCUT2D eigenvalue weighted by Gasteiger charge is 2.30. The third-order valence-electron chi connectivity index (χ3n) is 5.73. The molecule has 1 aromatic heterocycles. The first-order valence-corrected chi connectivity index (χ1v) is 11.4. The number of nitrogens with one attached hydrogen (secondary N) is 1. The quantitative estimate of drug-likeness (QED) is 0.186. The van der Waals surface area contributed by atoms with E-state index in [0.717, 1.165) is 17.1 Å². The maximum absolute atomic E-state index is 13.8. The van der Waals surface area contributed by atoms with Crippen LogP contribution in [-0.4, -0.2) is 97.6 Å². The molecule has 11 heteroatoms. The number of hydrazone groups is 1. The molecule has 182 valence electrons. The first-order valence-electron chi connectivity index (χ1n) is 11.4. The van der Waals surface area contributed by atoms with Crippen LogP contribution < -0.4 is 10.2 Å².